The minimum absolute atomic E-state index is 0.372. The highest BCUT2D eigenvalue weighted by molar-refractivity contribution is 7.99. The van der Waals surface area contributed by atoms with E-state index in [4.69, 9.17) is 5.73 Å². The van der Waals surface area contributed by atoms with E-state index in [-0.39, 0.29) is 0 Å². The van der Waals surface area contributed by atoms with Crippen molar-refractivity contribution in [2.75, 3.05) is 24.6 Å². The molecular weight excluding hydrogens is 252 g/mol. The summed E-state index contributed by atoms with van der Waals surface area (Å²) in [6.45, 7) is 10.8. The van der Waals surface area contributed by atoms with E-state index in [9.17, 15) is 0 Å². The lowest BCUT2D eigenvalue weighted by Crippen LogP contribution is -2.45. The minimum atomic E-state index is 0.372. The van der Waals surface area contributed by atoms with Gasteiger partial charge in [-0.3, -0.25) is 4.90 Å². The predicted octanol–water partition coefficient (Wildman–Crippen LogP) is 3.05. The fourth-order valence-corrected chi connectivity index (χ4v) is 4.38. The summed E-state index contributed by atoms with van der Waals surface area (Å²) in [6.07, 6.45) is 0. The van der Waals surface area contributed by atoms with Crippen molar-refractivity contribution in [3.63, 3.8) is 0 Å². The largest absolute Gasteiger partial charge is 0.329 e. The van der Waals surface area contributed by atoms with Gasteiger partial charge in [-0.05, 0) is 44.4 Å². The highest BCUT2D eigenvalue weighted by atomic mass is 32.2. The Kier molecular flexibility index (Phi) is 4.93. The van der Waals surface area contributed by atoms with E-state index in [1.165, 1.54) is 33.8 Å². The molecule has 2 rings (SSSR count). The number of hydrogen-bond donors (Lipinski definition) is 1. The second-order valence-corrected chi connectivity index (χ2v) is 6.88. The summed E-state index contributed by atoms with van der Waals surface area (Å²) in [6, 6.07) is 5.56. The fraction of sp³-hybridized carbons (Fsp3) is 0.625. The summed E-state index contributed by atoms with van der Waals surface area (Å²) >= 11 is 2.06. The first kappa shape index (κ1) is 14.9. The van der Waals surface area contributed by atoms with Crippen LogP contribution in [-0.2, 0) is 0 Å². The number of thioether (sulfide) groups is 1. The standard InChI is InChI=1S/C16H26N2S/c1-11-7-12(2)16(13(3)8-11)15(9-17)18-5-6-19-10-14(18)4/h7-8,14-15H,5-6,9-10,17H2,1-4H3. The maximum absolute atomic E-state index is 6.13. The monoisotopic (exact) mass is 278 g/mol. The number of benzene rings is 1. The number of aryl methyl sites for hydroxylation is 3. The van der Waals surface area contributed by atoms with Gasteiger partial charge in [-0.1, -0.05) is 17.7 Å². The van der Waals surface area contributed by atoms with Crippen LogP contribution < -0.4 is 5.73 Å². The molecule has 0 spiro atoms. The molecule has 1 aromatic carbocycles. The predicted molar refractivity (Wildman–Crippen MR) is 85.9 cm³/mol. The molecule has 2 N–H and O–H groups in total. The zero-order valence-corrected chi connectivity index (χ0v) is 13.4. The van der Waals surface area contributed by atoms with Crippen molar-refractivity contribution in [2.24, 2.45) is 5.73 Å². The van der Waals surface area contributed by atoms with Crippen molar-refractivity contribution in [3.8, 4) is 0 Å². The Morgan fingerprint density at radius 3 is 2.47 bits per heavy atom. The van der Waals surface area contributed by atoms with Gasteiger partial charge in [0, 0.05) is 36.7 Å². The summed E-state index contributed by atoms with van der Waals surface area (Å²) in [7, 11) is 0. The maximum Gasteiger partial charge on any atom is 0.0479 e. The van der Waals surface area contributed by atoms with Gasteiger partial charge in [0.05, 0.1) is 0 Å². The summed E-state index contributed by atoms with van der Waals surface area (Å²) in [4.78, 5) is 2.60. The van der Waals surface area contributed by atoms with Crippen molar-refractivity contribution < 1.29 is 0 Å². The van der Waals surface area contributed by atoms with E-state index in [2.05, 4.69) is 56.5 Å². The minimum Gasteiger partial charge on any atom is -0.329 e. The summed E-state index contributed by atoms with van der Waals surface area (Å²) < 4.78 is 0. The summed E-state index contributed by atoms with van der Waals surface area (Å²) in [5.41, 5.74) is 11.7. The first-order valence-corrected chi connectivity index (χ1v) is 8.31. The van der Waals surface area contributed by atoms with Crippen molar-refractivity contribution in [1.29, 1.82) is 0 Å². The second kappa shape index (κ2) is 6.29. The van der Waals surface area contributed by atoms with Gasteiger partial charge in [0.25, 0.3) is 0 Å². The number of nitrogens with two attached hydrogens (primary N) is 1. The van der Waals surface area contributed by atoms with Crippen LogP contribution in [0, 0.1) is 20.8 Å². The molecule has 1 fully saturated rings. The molecule has 1 aromatic rings. The maximum atomic E-state index is 6.13. The Hall–Kier alpha value is -0.510. The molecule has 0 bridgehead atoms. The van der Waals surface area contributed by atoms with Gasteiger partial charge in [0.2, 0.25) is 0 Å². The molecule has 0 saturated carbocycles. The van der Waals surface area contributed by atoms with Crippen molar-refractivity contribution in [1.82, 2.24) is 4.90 Å². The third-order valence-corrected chi connectivity index (χ3v) is 5.30. The van der Waals surface area contributed by atoms with Gasteiger partial charge in [-0.25, -0.2) is 0 Å². The quantitative estimate of drug-likeness (QED) is 0.921. The molecule has 1 aliphatic heterocycles. The summed E-state index contributed by atoms with van der Waals surface area (Å²) in [5, 5.41) is 0. The number of nitrogens with zero attached hydrogens (tertiary/aromatic N) is 1. The summed E-state index contributed by atoms with van der Waals surface area (Å²) in [5.74, 6) is 2.45. The average Bonchev–Trinajstić information content (AvgIpc) is 2.34. The third kappa shape index (κ3) is 3.15. The molecule has 1 heterocycles. The van der Waals surface area contributed by atoms with Crippen LogP contribution >= 0.6 is 11.8 Å². The number of hydrogen-bond acceptors (Lipinski definition) is 3. The lowest BCUT2D eigenvalue weighted by atomic mass is 9.92. The zero-order valence-electron chi connectivity index (χ0n) is 12.6. The second-order valence-electron chi connectivity index (χ2n) is 5.73. The Morgan fingerprint density at radius 2 is 1.95 bits per heavy atom. The van der Waals surface area contributed by atoms with Crippen LogP contribution in [0.5, 0.6) is 0 Å². The van der Waals surface area contributed by atoms with Crippen LogP contribution in [-0.4, -0.2) is 35.5 Å². The molecule has 106 valence electrons. The van der Waals surface area contributed by atoms with Crippen LogP contribution in [0.25, 0.3) is 0 Å². The fourth-order valence-electron chi connectivity index (χ4n) is 3.34. The van der Waals surface area contributed by atoms with E-state index in [1.807, 2.05) is 0 Å². The van der Waals surface area contributed by atoms with Gasteiger partial charge < -0.3 is 5.73 Å². The van der Waals surface area contributed by atoms with Gasteiger partial charge in [0.15, 0.2) is 0 Å². The zero-order chi connectivity index (χ0) is 14.0. The van der Waals surface area contributed by atoms with Crippen molar-refractivity contribution in [2.45, 2.75) is 39.8 Å². The molecule has 0 aromatic heterocycles. The average molecular weight is 278 g/mol. The van der Waals surface area contributed by atoms with Crippen molar-refractivity contribution >= 4 is 11.8 Å². The van der Waals surface area contributed by atoms with E-state index in [0.29, 0.717) is 18.6 Å². The first-order chi connectivity index (χ1) is 9.04. The van der Waals surface area contributed by atoms with Crippen LogP contribution in [0.15, 0.2) is 12.1 Å². The molecule has 0 radical (unpaired) electrons. The molecule has 2 nitrogen and oxygen atoms in total. The van der Waals surface area contributed by atoms with E-state index in [1.54, 1.807) is 0 Å². The Morgan fingerprint density at radius 1 is 1.32 bits per heavy atom. The van der Waals surface area contributed by atoms with Gasteiger partial charge in [0.1, 0.15) is 0 Å². The Bertz CT molecular complexity index is 421. The molecule has 1 aliphatic rings. The third-order valence-electron chi connectivity index (χ3n) is 4.11. The van der Waals surface area contributed by atoms with Crippen molar-refractivity contribution in [3.05, 3.63) is 34.4 Å². The van der Waals surface area contributed by atoms with Gasteiger partial charge in [-0.2, -0.15) is 11.8 Å². The number of rotatable bonds is 3. The SMILES string of the molecule is Cc1cc(C)c(C(CN)N2CCSCC2C)c(C)c1. The molecule has 1 saturated heterocycles. The topological polar surface area (TPSA) is 29.3 Å². The molecule has 0 aliphatic carbocycles. The van der Waals surface area contributed by atoms with E-state index in [0.717, 1.165) is 6.54 Å². The van der Waals surface area contributed by atoms with Crippen LogP contribution in [0.1, 0.15) is 35.2 Å². The van der Waals surface area contributed by atoms with Crippen LogP contribution in [0.4, 0.5) is 0 Å². The Balaban J connectivity index is 2.36. The molecule has 2 atom stereocenters. The van der Waals surface area contributed by atoms with Gasteiger partial charge >= 0.3 is 0 Å². The molecule has 2 unspecified atom stereocenters. The molecule has 0 amide bonds. The van der Waals surface area contributed by atoms with E-state index >= 15 is 0 Å². The highest BCUT2D eigenvalue weighted by Crippen LogP contribution is 2.31. The lowest BCUT2D eigenvalue weighted by molar-refractivity contribution is 0.165. The molecule has 3 heteroatoms. The first-order valence-electron chi connectivity index (χ1n) is 7.16. The van der Waals surface area contributed by atoms with Crippen LogP contribution in [0.2, 0.25) is 0 Å². The highest BCUT2D eigenvalue weighted by Gasteiger charge is 2.28. The Labute approximate surface area is 121 Å². The van der Waals surface area contributed by atoms with Crippen LogP contribution in [0.3, 0.4) is 0 Å². The normalized spacial score (nSPS) is 22.5. The molecular formula is C16H26N2S. The van der Waals surface area contributed by atoms with Gasteiger partial charge in [-0.15, -0.1) is 0 Å². The smallest absolute Gasteiger partial charge is 0.0479 e. The van der Waals surface area contributed by atoms with E-state index < -0.39 is 0 Å². The lowest BCUT2D eigenvalue weighted by Gasteiger charge is -2.40. The molecule has 19 heavy (non-hydrogen) atoms.